The topological polar surface area (TPSA) is 35.5 Å². The lowest BCUT2D eigenvalue weighted by atomic mass is 10.2. The molecule has 0 rings (SSSR count). The number of hydrogen-bond donors (Lipinski definition) is 2. The van der Waals surface area contributed by atoms with Gasteiger partial charge >= 0.3 is 0 Å². The summed E-state index contributed by atoms with van der Waals surface area (Å²) in [5, 5.41) is 12.7. The van der Waals surface area contributed by atoms with Crippen molar-refractivity contribution in [2.75, 3.05) is 19.7 Å². The summed E-state index contributed by atoms with van der Waals surface area (Å²) in [4.78, 5) is 2.41. The van der Waals surface area contributed by atoms with Crippen LogP contribution < -0.4 is 5.32 Å². The second-order valence-corrected chi connectivity index (χ2v) is 4.79. The SMILES string of the molecule is CCCN(CC(CO)NC(C)C)C(C)C. The van der Waals surface area contributed by atoms with Gasteiger partial charge in [-0.1, -0.05) is 20.8 Å². The Hall–Kier alpha value is -0.120. The van der Waals surface area contributed by atoms with Gasteiger partial charge in [0.15, 0.2) is 0 Å². The molecule has 3 nitrogen and oxygen atoms in total. The molecule has 0 aliphatic carbocycles. The Labute approximate surface area is 94.9 Å². The summed E-state index contributed by atoms with van der Waals surface area (Å²) in [7, 11) is 0. The highest BCUT2D eigenvalue weighted by Crippen LogP contribution is 2.02. The Morgan fingerprint density at radius 3 is 2.13 bits per heavy atom. The van der Waals surface area contributed by atoms with E-state index in [0.29, 0.717) is 12.1 Å². The van der Waals surface area contributed by atoms with Crippen molar-refractivity contribution >= 4 is 0 Å². The van der Waals surface area contributed by atoms with Gasteiger partial charge in [0.2, 0.25) is 0 Å². The van der Waals surface area contributed by atoms with Gasteiger partial charge in [0.1, 0.15) is 0 Å². The van der Waals surface area contributed by atoms with Crippen molar-refractivity contribution < 1.29 is 5.11 Å². The van der Waals surface area contributed by atoms with E-state index in [-0.39, 0.29) is 12.6 Å². The largest absolute Gasteiger partial charge is 0.395 e. The molecule has 0 spiro atoms. The first-order valence-corrected chi connectivity index (χ1v) is 6.12. The molecular weight excluding hydrogens is 188 g/mol. The van der Waals surface area contributed by atoms with Gasteiger partial charge in [-0.15, -0.1) is 0 Å². The van der Waals surface area contributed by atoms with E-state index in [4.69, 9.17) is 0 Å². The highest BCUT2D eigenvalue weighted by Gasteiger charge is 2.15. The van der Waals surface area contributed by atoms with Crippen LogP contribution in [0.3, 0.4) is 0 Å². The van der Waals surface area contributed by atoms with E-state index >= 15 is 0 Å². The highest BCUT2D eigenvalue weighted by atomic mass is 16.3. The normalized spacial score (nSPS) is 14.2. The summed E-state index contributed by atoms with van der Waals surface area (Å²) in [6.45, 7) is 13.1. The average molecular weight is 216 g/mol. The lowest BCUT2D eigenvalue weighted by molar-refractivity contribution is 0.153. The first-order valence-electron chi connectivity index (χ1n) is 6.12. The summed E-state index contributed by atoms with van der Waals surface area (Å²) in [5.41, 5.74) is 0. The quantitative estimate of drug-likeness (QED) is 0.645. The molecule has 0 aliphatic heterocycles. The summed E-state index contributed by atoms with van der Waals surface area (Å²) in [6, 6.07) is 1.17. The van der Waals surface area contributed by atoms with E-state index in [1.165, 1.54) is 0 Å². The Bertz CT molecular complexity index is 149. The number of nitrogens with zero attached hydrogens (tertiary/aromatic N) is 1. The van der Waals surface area contributed by atoms with Crippen LogP contribution in [0.25, 0.3) is 0 Å². The van der Waals surface area contributed by atoms with Gasteiger partial charge in [0.25, 0.3) is 0 Å². The fraction of sp³-hybridized carbons (Fsp3) is 1.00. The van der Waals surface area contributed by atoms with Gasteiger partial charge in [-0.25, -0.2) is 0 Å². The van der Waals surface area contributed by atoms with Crippen LogP contribution >= 0.6 is 0 Å². The molecule has 92 valence electrons. The maximum Gasteiger partial charge on any atom is 0.0597 e. The van der Waals surface area contributed by atoms with Gasteiger partial charge in [-0.2, -0.15) is 0 Å². The van der Waals surface area contributed by atoms with Crippen molar-refractivity contribution in [2.24, 2.45) is 0 Å². The number of nitrogens with one attached hydrogen (secondary N) is 1. The van der Waals surface area contributed by atoms with Crippen molar-refractivity contribution in [3.05, 3.63) is 0 Å². The zero-order valence-corrected chi connectivity index (χ0v) is 11.0. The van der Waals surface area contributed by atoms with Crippen LogP contribution in [-0.4, -0.2) is 47.8 Å². The molecule has 0 aliphatic rings. The second kappa shape index (κ2) is 8.08. The van der Waals surface area contributed by atoms with E-state index in [1.807, 2.05) is 0 Å². The smallest absolute Gasteiger partial charge is 0.0597 e. The monoisotopic (exact) mass is 216 g/mol. The maximum absolute atomic E-state index is 9.28. The minimum atomic E-state index is 0.193. The summed E-state index contributed by atoms with van der Waals surface area (Å²) < 4.78 is 0. The first kappa shape index (κ1) is 14.9. The third-order valence-electron chi connectivity index (χ3n) is 2.49. The van der Waals surface area contributed by atoms with Gasteiger partial charge in [0.05, 0.1) is 6.61 Å². The maximum atomic E-state index is 9.28. The van der Waals surface area contributed by atoms with Gasteiger partial charge in [-0.05, 0) is 26.8 Å². The molecule has 0 aromatic carbocycles. The van der Waals surface area contributed by atoms with E-state index in [1.54, 1.807) is 0 Å². The van der Waals surface area contributed by atoms with Crippen molar-refractivity contribution in [3.8, 4) is 0 Å². The molecular formula is C12H28N2O. The molecule has 0 heterocycles. The van der Waals surface area contributed by atoms with Gasteiger partial charge in [-0.3, -0.25) is 4.90 Å². The van der Waals surface area contributed by atoms with E-state index < -0.39 is 0 Å². The molecule has 15 heavy (non-hydrogen) atoms. The third kappa shape index (κ3) is 6.88. The Kier molecular flexibility index (Phi) is 8.02. The Balaban J connectivity index is 4.09. The molecule has 1 unspecified atom stereocenters. The lowest BCUT2D eigenvalue weighted by Gasteiger charge is -2.31. The van der Waals surface area contributed by atoms with E-state index in [9.17, 15) is 5.11 Å². The molecule has 0 radical (unpaired) electrons. The number of aliphatic hydroxyl groups excluding tert-OH is 1. The molecule has 0 saturated carbocycles. The van der Waals surface area contributed by atoms with E-state index in [0.717, 1.165) is 19.5 Å². The standard InChI is InChI=1S/C12H28N2O/c1-6-7-14(11(4)5)8-12(9-15)13-10(2)3/h10-13,15H,6-9H2,1-5H3. The zero-order chi connectivity index (χ0) is 11.8. The van der Waals surface area contributed by atoms with Crippen LogP contribution in [0.2, 0.25) is 0 Å². The summed E-state index contributed by atoms with van der Waals surface area (Å²) in [6.07, 6.45) is 1.16. The molecule has 0 aromatic heterocycles. The van der Waals surface area contributed by atoms with Crippen LogP contribution in [-0.2, 0) is 0 Å². The molecule has 0 bridgehead atoms. The van der Waals surface area contributed by atoms with Gasteiger partial charge in [0, 0.05) is 24.7 Å². The average Bonchev–Trinajstić information content (AvgIpc) is 2.14. The van der Waals surface area contributed by atoms with Crippen LogP contribution in [0.4, 0.5) is 0 Å². The minimum absolute atomic E-state index is 0.193. The predicted molar refractivity (Wildman–Crippen MR) is 66.1 cm³/mol. The van der Waals surface area contributed by atoms with Crippen molar-refractivity contribution in [3.63, 3.8) is 0 Å². The lowest BCUT2D eigenvalue weighted by Crippen LogP contribution is -2.48. The highest BCUT2D eigenvalue weighted by molar-refractivity contribution is 4.74. The zero-order valence-electron chi connectivity index (χ0n) is 11.0. The number of aliphatic hydroxyl groups is 1. The fourth-order valence-corrected chi connectivity index (χ4v) is 1.77. The molecule has 1 atom stereocenters. The van der Waals surface area contributed by atoms with Crippen molar-refractivity contribution in [1.82, 2.24) is 10.2 Å². The summed E-state index contributed by atoms with van der Waals surface area (Å²) in [5.74, 6) is 0. The molecule has 0 aromatic rings. The van der Waals surface area contributed by atoms with Crippen molar-refractivity contribution in [1.29, 1.82) is 0 Å². The number of hydrogen-bond acceptors (Lipinski definition) is 3. The molecule has 0 fully saturated rings. The number of rotatable bonds is 8. The third-order valence-corrected chi connectivity index (χ3v) is 2.49. The van der Waals surface area contributed by atoms with Crippen LogP contribution in [0.1, 0.15) is 41.0 Å². The molecule has 0 saturated heterocycles. The Morgan fingerprint density at radius 2 is 1.80 bits per heavy atom. The van der Waals surface area contributed by atoms with E-state index in [2.05, 4.69) is 44.8 Å². The molecule has 2 N–H and O–H groups in total. The van der Waals surface area contributed by atoms with Crippen molar-refractivity contribution in [2.45, 2.75) is 59.2 Å². The minimum Gasteiger partial charge on any atom is -0.395 e. The predicted octanol–water partition coefficient (Wildman–Crippen LogP) is 1.47. The fourth-order valence-electron chi connectivity index (χ4n) is 1.77. The summed E-state index contributed by atoms with van der Waals surface area (Å²) >= 11 is 0. The Morgan fingerprint density at radius 1 is 1.20 bits per heavy atom. The van der Waals surface area contributed by atoms with Gasteiger partial charge < -0.3 is 10.4 Å². The van der Waals surface area contributed by atoms with Crippen LogP contribution in [0.15, 0.2) is 0 Å². The van der Waals surface area contributed by atoms with Crippen LogP contribution in [0.5, 0.6) is 0 Å². The first-order chi connectivity index (χ1) is 7.01. The molecule has 0 amide bonds. The second-order valence-electron chi connectivity index (χ2n) is 4.79. The van der Waals surface area contributed by atoms with Crippen LogP contribution in [0, 0.1) is 0 Å². The molecule has 3 heteroatoms.